The highest BCUT2D eigenvalue weighted by atomic mass is 79.9. The molecule has 3 fully saturated rings. The van der Waals surface area contributed by atoms with Gasteiger partial charge in [0, 0.05) is 35.4 Å². The fourth-order valence-corrected chi connectivity index (χ4v) is 6.47. The average Bonchev–Trinajstić information content (AvgIpc) is 2.88. The number of quaternary nitrogens is 1. The molecule has 5 nitrogen and oxygen atoms in total. The monoisotopic (exact) mass is 609 g/mol. The molecule has 202 valence electrons. The summed E-state index contributed by atoms with van der Waals surface area (Å²) in [5.74, 6) is -0.0327. The Morgan fingerprint density at radius 1 is 1.26 bits per heavy atom. The van der Waals surface area contributed by atoms with Crippen LogP contribution in [0.2, 0.25) is 5.02 Å². The van der Waals surface area contributed by atoms with Crippen LogP contribution in [0, 0.1) is 11.8 Å². The van der Waals surface area contributed by atoms with Gasteiger partial charge in [0.05, 0.1) is 29.9 Å². The Bertz CT molecular complexity index is 1350. The molecule has 6 rings (SSSR count). The predicted molar refractivity (Wildman–Crippen MR) is 137 cm³/mol. The first kappa shape index (κ1) is 28.5. The molecule has 0 radical (unpaired) electrons. The van der Waals surface area contributed by atoms with Crippen LogP contribution in [0.3, 0.4) is 0 Å². The maximum Gasteiger partial charge on any atom is 0.418 e. The Kier molecular flexibility index (Phi) is 8.23. The number of rotatable bonds is 6. The van der Waals surface area contributed by atoms with Crippen LogP contribution in [-0.2, 0) is 11.0 Å². The van der Waals surface area contributed by atoms with Crippen LogP contribution in [0.4, 0.5) is 18.9 Å². The molecular weight excluding hydrogens is 583 g/mol. The van der Waals surface area contributed by atoms with Crippen LogP contribution in [0.1, 0.15) is 30.1 Å². The Balaban J connectivity index is 0.00000336. The third kappa shape index (κ3) is 5.34. The number of fused-ring (bicyclic) bond motifs is 4. The van der Waals surface area contributed by atoms with Crippen LogP contribution in [0.5, 0.6) is 0 Å². The summed E-state index contributed by atoms with van der Waals surface area (Å²) in [6.45, 7) is 5.17. The third-order valence-electron chi connectivity index (χ3n) is 8.06. The van der Waals surface area contributed by atoms with Gasteiger partial charge in [0.1, 0.15) is 12.1 Å². The van der Waals surface area contributed by atoms with Gasteiger partial charge in [0.25, 0.3) is 5.91 Å². The number of halogens is 5. The molecule has 3 saturated heterocycles. The number of piperidine rings is 3. The molecule has 3 aliphatic heterocycles. The van der Waals surface area contributed by atoms with Crippen molar-refractivity contribution in [2.75, 3.05) is 25.0 Å². The van der Waals surface area contributed by atoms with E-state index in [4.69, 9.17) is 11.6 Å². The first-order valence-electron chi connectivity index (χ1n) is 12.3. The van der Waals surface area contributed by atoms with Crippen LogP contribution in [0.25, 0.3) is 10.9 Å². The summed E-state index contributed by atoms with van der Waals surface area (Å²) in [5.41, 5.74) is 0.193. The van der Waals surface area contributed by atoms with E-state index in [1.165, 1.54) is 12.1 Å². The molecule has 2 N–H and O–H groups in total. The maximum absolute atomic E-state index is 13.6. The van der Waals surface area contributed by atoms with Gasteiger partial charge in [-0.05, 0) is 41.8 Å². The van der Waals surface area contributed by atoms with Crippen molar-refractivity contribution >= 4 is 34.1 Å². The normalized spacial score (nSPS) is 25.4. The molecule has 4 heterocycles. The number of nitrogens with zero attached hydrogens (tertiary/aromatic N) is 2. The number of aromatic nitrogens is 1. The van der Waals surface area contributed by atoms with Gasteiger partial charge < -0.3 is 31.9 Å². The molecular formula is C28H28BrClF3N3O2. The number of para-hydroxylation sites is 1. The molecule has 0 unspecified atom stereocenters. The lowest BCUT2D eigenvalue weighted by atomic mass is 9.71. The predicted octanol–water partition coefficient (Wildman–Crippen LogP) is 2.99. The number of anilines is 1. The van der Waals surface area contributed by atoms with E-state index in [2.05, 4.69) is 16.9 Å². The summed E-state index contributed by atoms with van der Waals surface area (Å²) in [5, 5.41) is 15.0. The number of hydrogen-bond acceptors (Lipinski definition) is 3. The van der Waals surface area contributed by atoms with Gasteiger partial charge in [-0.3, -0.25) is 9.78 Å². The molecule has 3 aromatic rings. The molecule has 3 aliphatic rings. The summed E-state index contributed by atoms with van der Waals surface area (Å²) in [6, 6.07) is 12.4. The second kappa shape index (κ2) is 11.0. The van der Waals surface area contributed by atoms with Crippen molar-refractivity contribution in [3.8, 4) is 0 Å². The van der Waals surface area contributed by atoms with Crippen molar-refractivity contribution in [3.05, 3.63) is 83.5 Å². The first-order valence-corrected chi connectivity index (χ1v) is 12.7. The van der Waals surface area contributed by atoms with E-state index >= 15 is 0 Å². The van der Waals surface area contributed by atoms with Crippen molar-refractivity contribution in [3.63, 3.8) is 0 Å². The third-order valence-corrected chi connectivity index (χ3v) is 8.30. The Labute approximate surface area is 234 Å². The average molecular weight is 611 g/mol. The van der Waals surface area contributed by atoms with Gasteiger partial charge in [-0.15, -0.1) is 6.58 Å². The SMILES string of the molecule is C=C[C@H]1C[N@+]2(CC(=O)Nc3ccc(Cl)cc3C(F)(F)F)CC[C@H]1C[C@@H]2[C@@H](O)c1ccnc2ccccc12.[Br-]. The Morgan fingerprint density at radius 3 is 2.76 bits per heavy atom. The lowest BCUT2D eigenvalue weighted by Gasteiger charge is -2.57. The Hall–Kier alpha value is -2.46. The molecule has 5 atom stereocenters. The Morgan fingerprint density at radius 2 is 2.03 bits per heavy atom. The number of pyridine rings is 1. The molecule has 1 aromatic heterocycles. The van der Waals surface area contributed by atoms with Gasteiger partial charge in [0.2, 0.25) is 0 Å². The standard InChI is InChI=1S/C28H27ClF3N3O2.BrH/c1-2-17-15-35(16-26(36)34-24-8-7-19(29)14-22(24)28(30,31)32)12-10-18(17)13-25(35)27(37)21-9-11-33-23-6-4-3-5-20(21)23;/h2-9,11,14,17-18,25,27,37H,1,10,12-13,15-16H2;1H/t17-,18-,25+,27-,35-;/m0./s1. The molecule has 0 saturated carbocycles. The maximum atomic E-state index is 13.6. The molecule has 0 aliphatic carbocycles. The fourth-order valence-electron chi connectivity index (χ4n) is 6.30. The summed E-state index contributed by atoms with van der Waals surface area (Å²) in [6.07, 6.45) is -0.412. The highest BCUT2D eigenvalue weighted by molar-refractivity contribution is 6.30. The van der Waals surface area contributed by atoms with E-state index in [0.29, 0.717) is 25.4 Å². The first-order chi connectivity index (χ1) is 17.6. The highest BCUT2D eigenvalue weighted by Gasteiger charge is 2.54. The number of aliphatic hydroxyl groups excluding tert-OH is 1. The molecule has 38 heavy (non-hydrogen) atoms. The number of benzene rings is 2. The minimum atomic E-state index is -4.67. The molecule has 0 spiro atoms. The lowest BCUT2D eigenvalue weighted by molar-refractivity contribution is -0.966. The van der Waals surface area contributed by atoms with E-state index in [1.54, 1.807) is 12.3 Å². The minimum absolute atomic E-state index is 0. The summed E-state index contributed by atoms with van der Waals surface area (Å²) >= 11 is 5.79. The van der Waals surface area contributed by atoms with E-state index in [9.17, 15) is 23.1 Å². The zero-order valence-electron chi connectivity index (χ0n) is 20.5. The van der Waals surface area contributed by atoms with Crippen molar-refractivity contribution in [1.82, 2.24) is 4.98 Å². The quantitative estimate of drug-likeness (QED) is 0.333. The number of amides is 1. The van der Waals surface area contributed by atoms with Crippen LogP contribution < -0.4 is 22.3 Å². The zero-order valence-corrected chi connectivity index (χ0v) is 22.8. The van der Waals surface area contributed by atoms with Crippen LogP contribution in [0.15, 0.2) is 67.4 Å². The number of nitrogens with one attached hydrogen (secondary N) is 1. The number of carbonyl (C=O) groups excluding carboxylic acids is 1. The van der Waals surface area contributed by atoms with Crippen LogP contribution >= 0.6 is 11.6 Å². The van der Waals surface area contributed by atoms with E-state index in [0.717, 1.165) is 29.0 Å². The lowest BCUT2D eigenvalue weighted by Crippen LogP contribution is -3.00. The fraction of sp³-hybridized carbons (Fsp3) is 0.357. The molecule has 2 bridgehead atoms. The van der Waals surface area contributed by atoms with Gasteiger partial charge in [-0.2, -0.15) is 13.2 Å². The molecule has 2 aromatic carbocycles. The topological polar surface area (TPSA) is 62.2 Å². The van der Waals surface area contributed by atoms with Gasteiger partial charge >= 0.3 is 6.18 Å². The number of aliphatic hydroxyl groups is 1. The van der Waals surface area contributed by atoms with E-state index in [1.807, 2.05) is 30.3 Å². The largest absolute Gasteiger partial charge is 1.00 e. The summed E-state index contributed by atoms with van der Waals surface area (Å²) in [7, 11) is 0. The second-order valence-corrected chi connectivity index (χ2v) is 10.6. The zero-order chi connectivity index (χ0) is 26.4. The van der Waals surface area contributed by atoms with Crippen molar-refractivity contribution in [2.45, 2.75) is 31.2 Å². The second-order valence-electron chi connectivity index (χ2n) is 10.1. The van der Waals surface area contributed by atoms with Gasteiger partial charge in [-0.1, -0.05) is 35.9 Å². The molecule has 1 amide bonds. The highest BCUT2D eigenvalue weighted by Crippen LogP contribution is 2.47. The smallest absolute Gasteiger partial charge is 0.418 e. The number of hydrogen-bond donors (Lipinski definition) is 2. The van der Waals surface area contributed by atoms with Crippen LogP contribution in [-0.4, -0.2) is 46.2 Å². The van der Waals surface area contributed by atoms with Crippen molar-refractivity contribution in [2.24, 2.45) is 11.8 Å². The van der Waals surface area contributed by atoms with Crippen molar-refractivity contribution in [1.29, 1.82) is 0 Å². The summed E-state index contributed by atoms with van der Waals surface area (Å²) < 4.78 is 41.1. The van der Waals surface area contributed by atoms with E-state index < -0.39 is 23.8 Å². The van der Waals surface area contributed by atoms with Gasteiger partial charge in [0.15, 0.2) is 6.54 Å². The van der Waals surface area contributed by atoms with Crippen molar-refractivity contribution < 1.29 is 44.5 Å². The minimum Gasteiger partial charge on any atom is -1.00 e. The van der Waals surface area contributed by atoms with Gasteiger partial charge in [-0.25, -0.2) is 0 Å². The summed E-state index contributed by atoms with van der Waals surface area (Å²) in [4.78, 5) is 17.7. The molecule has 10 heteroatoms. The number of carbonyl (C=O) groups is 1. The van der Waals surface area contributed by atoms with E-state index in [-0.39, 0.29) is 50.7 Å². The number of alkyl halides is 3.